The second kappa shape index (κ2) is 6.44. The van der Waals surface area contributed by atoms with Gasteiger partial charge in [0.05, 0.1) is 16.9 Å². The average molecular weight is 389 g/mol. The van der Waals surface area contributed by atoms with Crippen molar-refractivity contribution in [2.75, 3.05) is 24.9 Å². The van der Waals surface area contributed by atoms with Crippen molar-refractivity contribution in [2.24, 2.45) is 0 Å². The van der Waals surface area contributed by atoms with Crippen LogP contribution in [0.5, 0.6) is 5.88 Å². The van der Waals surface area contributed by atoms with Crippen LogP contribution in [0.15, 0.2) is 26.6 Å². The average Bonchev–Trinajstić information content (AvgIpc) is 2.91. The maximum Gasteiger partial charge on any atom is 0.300 e. The second-order valence-corrected chi connectivity index (χ2v) is 9.12. The van der Waals surface area contributed by atoms with Crippen LogP contribution in [-0.2, 0) is 19.7 Å². The number of sulfone groups is 2. The van der Waals surface area contributed by atoms with E-state index in [0.717, 1.165) is 18.6 Å². The lowest BCUT2D eigenvalue weighted by Crippen LogP contribution is -2.18. The predicted octanol–water partition coefficient (Wildman–Crippen LogP) is 0.446. The summed E-state index contributed by atoms with van der Waals surface area (Å²) in [5.74, 6) is -0.890. The van der Waals surface area contributed by atoms with Crippen LogP contribution in [0, 0.1) is 6.92 Å². The molecule has 0 unspecified atom stereocenters. The summed E-state index contributed by atoms with van der Waals surface area (Å²) >= 11 is 0. The molecule has 1 N–H and O–H groups in total. The van der Waals surface area contributed by atoms with E-state index >= 15 is 0 Å². The quantitative estimate of drug-likeness (QED) is 0.769. The Morgan fingerprint density at radius 2 is 1.76 bits per heavy atom. The number of methoxy groups -OCH3 is 1. The third-order valence-corrected chi connectivity index (χ3v) is 5.80. The van der Waals surface area contributed by atoms with E-state index in [9.17, 15) is 21.6 Å². The van der Waals surface area contributed by atoms with Crippen LogP contribution in [0.1, 0.15) is 15.9 Å². The summed E-state index contributed by atoms with van der Waals surface area (Å²) in [4.78, 5) is 11.6. The van der Waals surface area contributed by atoms with E-state index in [-0.39, 0.29) is 27.7 Å². The number of ether oxygens (including phenoxy) is 1. The van der Waals surface area contributed by atoms with Crippen molar-refractivity contribution < 1.29 is 31.0 Å². The van der Waals surface area contributed by atoms with E-state index in [1.165, 1.54) is 20.1 Å². The summed E-state index contributed by atoms with van der Waals surface area (Å²) in [7, 11) is -6.42. The molecule has 12 heteroatoms. The highest BCUT2D eigenvalue weighted by Crippen LogP contribution is 2.28. The van der Waals surface area contributed by atoms with Crippen molar-refractivity contribution in [3.8, 4) is 5.88 Å². The molecule has 0 saturated carbocycles. The minimum atomic E-state index is -3.91. The number of aromatic nitrogens is 2. The lowest BCUT2D eigenvalue weighted by atomic mass is 10.1. The van der Waals surface area contributed by atoms with Gasteiger partial charge in [0.1, 0.15) is 0 Å². The van der Waals surface area contributed by atoms with E-state index < -0.39 is 30.5 Å². The molecule has 0 aliphatic heterocycles. The zero-order chi connectivity index (χ0) is 19.0. The fraction of sp³-hybridized carbons (Fsp3) is 0.308. The zero-order valence-electron chi connectivity index (χ0n) is 13.7. The summed E-state index contributed by atoms with van der Waals surface area (Å²) in [6, 6.07) is 2.29. The SMILES string of the molecule is COc1nonc1NC(=O)c1ccc(S(C)(=O)=O)c(S(C)(=O)=O)c1C. The van der Waals surface area contributed by atoms with Gasteiger partial charge in [-0.25, -0.2) is 21.5 Å². The number of rotatable bonds is 5. The molecule has 0 aliphatic carbocycles. The van der Waals surface area contributed by atoms with E-state index in [2.05, 4.69) is 20.3 Å². The molecule has 1 amide bonds. The molecule has 2 rings (SSSR count). The van der Waals surface area contributed by atoms with Crippen LogP contribution in [0.25, 0.3) is 0 Å². The van der Waals surface area contributed by atoms with Crippen molar-refractivity contribution >= 4 is 31.4 Å². The Hall–Kier alpha value is -2.47. The highest BCUT2D eigenvalue weighted by Gasteiger charge is 2.27. The maximum absolute atomic E-state index is 12.4. The van der Waals surface area contributed by atoms with E-state index in [1.807, 2.05) is 0 Å². The Morgan fingerprint density at radius 3 is 2.28 bits per heavy atom. The number of anilines is 1. The minimum Gasteiger partial charge on any atom is -0.476 e. The molecule has 0 spiro atoms. The number of nitrogens with one attached hydrogen (secondary N) is 1. The summed E-state index contributed by atoms with van der Waals surface area (Å²) in [5, 5.41) is 9.22. The van der Waals surface area contributed by atoms with Crippen LogP contribution in [-0.4, -0.2) is 52.7 Å². The smallest absolute Gasteiger partial charge is 0.300 e. The lowest BCUT2D eigenvalue weighted by molar-refractivity contribution is 0.102. The monoisotopic (exact) mass is 389 g/mol. The van der Waals surface area contributed by atoms with Gasteiger partial charge < -0.3 is 4.74 Å². The largest absolute Gasteiger partial charge is 0.476 e. The molecule has 0 atom stereocenters. The number of hydrogen-bond acceptors (Lipinski definition) is 9. The zero-order valence-corrected chi connectivity index (χ0v) is 15.4. The summed E-state index contributed by atoms with van der Waals surface area (Å²) < 4.78 is 57.1. The van der Waals surface area contributed by atoms with Crippen LogP contribution in [0.2, 0.25) is 0 Å². The normalized spacial score (nSPS) is 12.0. The van der Waals surface area contributed by atoms with Crippen molar-refractivity contribution in [1.82, 2.24) is 10.3 Å². The number of hydrogen-bond donors (Lipinski definition) is 1. The lowest BCUT2D eigenvalue weighted by Gasteiger charge is -2.13. The number of carbonyl (C=O) groups is 1. The van der Waals surface area contributed by atoms with Crippen LogP contribution >= 0.6 is 0 Å². The molecule has 136 valence electrons. The van der Waals surface area contributed by atoms with Gasteiger partial charge in [-0.05, 0) is 34.9 Å². The fourth-order valence-corrected chi connectivity index (χ4v) is 5.04. The Labute approximate surface area is 144 Å². The molecule has 25 heavy (non-hydrogen) atoms. The summed E-state index contributed by atoms with van der Waals surface area (Å²) in [5.41, 5.74) is -0.0452. The molecule has 0 fully saturated rings. The summed E-state index contributed by atoms with van der Waals surface area (Å²) in [6.45, 7) is 1.35. The van der Waals surface area contributed by atoms with Gasteiger partial charge in [-0.2, -0.15) is 0 Å². The predicted molar refractivity (Wildman–Crippen MR) is 86.2 cm³/mol. The number of nitrogens with zero attached hydrogens (tertiary/aromatic N) is 2. The molecule has 10 nitrogen and oxygen atoms in total. The number of carbonyl (C=O) groups excluding carboxylic acids is 1. The van der Waals surface area contributed by atoms with Crippen molar-refractivity contribution in [3.63, 3.8) is 0 Å². The molecule has 0 aliphatic rings. The molecule has 1 heterocycles. The molecule has 2 aromatic rings. The first-order valence-corrected chi connectivity index (χ1v) is 10.5. The van der Waals surface area contributed by atoms with Crippen LogP contribution < -0.4 is 10.1 Å². The Kier molecular flexibility index (Phi) is 4.86. The highest BCUT2D eigenvalue weighted by molar-refractivity contribution is 7.93. The van der Waals surface area contributed by atoms with Gasteiger partial charge in [-0.1, -0.05) is 0 Å². The highest BCUT2D eigenvalue weighted by atomic mass is 32.2. The van der Waals surface area contributed by atoms with Gasteiger partial charge in [0.25, 0.3) is 5.91 Å². The standard InChI is InChI=1S/C13H15N3O7S2/c1-7-8(12(17)14-11-13(22-2)16-23-15-11)5-6-9(24(3,18)19)10(7)25(4,20)21/h5-6H,1-4H3,(H,14,15,17). The fourth-order valence-electron chi connectivity index (χ4n) is 2.23. The second-order valence-electron chi connectivity index (χ2n) is 5.19. The Balaban J connectivity index is 2.59. The first kappa shape index (κ1) is 18.9. The van der Waals surface area contributed by atoms with Crippen molar-refractivity contribution in [2.45, 2.75) is 16.7 Å². The Morgan fingerprint density at radius 1 is 1.12 bits per heavy atom. The van der Waals surface area contributed by atoms with Gasteiger partial charge in [-0.15, -0.1) is 0 Å². The molecular formula is C13H15N3O7S2. The Bertz CT molecular complexity index is 1040. The van der Waals surface area contributed by atoms with Crippen molar-refractivity contribution in [3.05, 3.63) is 23.3 Å². The molecule has 0 bridgehead atoms. The number of amides is 1. The molecule has 0 saturated heterocycles. The van der Waals surface area contributed by atoms with Gasteiger partial charge in [0, 0.05) is 18.1 Å². The third-order valence-electron chi connectivity index (χ3n) is 3.27. The molecule has 0 radical (unpaired) electrons. The van der Waals surface area contributed by atoms with Gasteiger partial charge in [0.2, 0.25) is 5.82 Å². The van der Waals surface area contributed by atoms with Gasteiger partial charge in [0.15, 0.2) is 19.7 Å². The summed E-state index contributed by atoms with van der Waals surface area (Å²) in [6.07, 6.45) is 1.76. The number of benzene rings is 1. The van der Waals surface area contributed by atoms with E-state index in [1.54, 1.807) is 0 Å². The van der Waals surface area contributed by atoms with Crippen LogP contribution in [0.4, 0.5) is 5.82 Å². The topological polar surface area (TPSA) is 146 Å². The maximum atomic E-state index is 12.4. The molecule has 1 aromatic heterocycles. The van der Waals surface area contributed by atoms with Crippen molar-refractivity contribution in [1.29, 1.82) is 0 Å². The third kappa shape index (κ3) is 3.79. The van der Waals surface area contributed by atoms with Gasteiger partial charge >= 0.3 is 5.88 Å². The first-order chi connectivity index (χ1) is 11.5. The minimum absolute atomic E-state index is 0.00153. The molecule has 1 aromatic carbocycles. The first-order valence-electron chi connectivity index (χ1n) is 6.68. The van der Waals surface area contributed by atoms with E-state index in [4.69, 9.17) is 4.74 Å². The van der Waals surface area contributed by atoms with Crippen LogP contribution in [0.3, 0.4) is 0 Å². The van der Waals surface area contributed by atoms with E-state index in [0.29, 0.717) is 0 Å². The molecular weight excluding hydrogens is 374 g/mol. The van der Waals surface area contributed by atoms with Gasteiger partial charge in [-0.3, -0.25) is 10.1 Å².